The molecule has 2 rings (SSSR count). The van der Waals surface area contributed by atoms with Gasteiger partial charge in [0.15, 0.2) is 0 Å². The molecule has 0 aromatic rings. The molecule has 2 N–H and O–H groups in total. The lowest BCUT2D eigenvalue weighted by Gasteiger charge is -2.30. The summed E-state index contributed by atoms with van der Waals surface area (Å²) in [4.78, 5) is 13.2. The number of nitrogens with zero attached hydrogens (tertiary/aromatic N) is 2. The van der Waals surface area contributed by atoms with Crippen molar-refractivity contribution in [2.45, 2.75) is 25.7 Å². The van der Waals surface area contributed by atoms with Crippen LogP contribution in [0.5, 0.6) is 0 Å². The van der Waals surface area contributed by atoms with Gasteiger partial charge in [0.25, 0.3) is 10.2 Å². The van der Waals surface area contributed by atoms with Crippen molar-refractivity contribution in [2.24, 2.45) is 5.92 Å². The molecule has 0 bridgehead atoms. The molecular formula is C12H23N3O4S. The van der Waals surface area contributed by atoms with E-state index in [2.05, 4.69) is 9.62 Å². The Bertz CT molecular complexity index is 434. The minimum atomic E-state index is -3.55. The van der Waals surface area contributed by atoms with Crippen LogP contribution in [0.15, 0.2) is 0 Å². The first kappa shape index (κ1) is 15.7. The molecule has 0 radical (unpaired) electrons. The Labute approximate surface area is 120 Å². The van der Waals surface area contributed by atoms with Gasteiger partial charge in [-0.05, 0) is 38.8 Å². The van der Waals surface area contributed by atoms with Crippen molar-refractivity contribution < 1.29 is 18.3 Å². The first-order chi connectivity index (χ1) is 9.49. The summed E-state index contributed by atoms with van der Waals surface area (Å²) in [5, 5.41) is 8.99. The lowest BCUT2D eigenvalue weighted by molar-refractivity contribution is -0.142. The van der Waals surface area contributed by atoms with Crippen molar-refractivity contribution in [3.63, 3.8) is 0 Å². The maximum absolute atomic E-state index is 12.1. The van der Waals surface area contributed by atoms with E-state index in [0.29, 0.717) is 25.9 Å². The summed E-state index contributed by atoms with van der Waals surface area (Å²) in [7, 11) is -3.55. The second-order valence-electron chi connectivity index (χ2n) is 5.48. The summed E-state index contributed by atoms with van der Waals surface area (Å²) in [6.45, 7) is 3.66. The van der Waals surface area contributed by atoms with Crippen LogP contribution < -0.4 is 4.72 Å². The maximum Gasteiger partial charge on any atom is 0.307 e. The molecule has 2 saturated heterocycles. The van der Waals surface area contributed by atoms with Gasteiger partial charge in [-0.15, -0.1) is 0 Å². The third-order valence-electron chi connectivity index (χ3n) is 3.98. The van der Waals surface area contributed by atoms with Crippen molar-refractivity contribution >= 4 is 16.2 Å². The molecule has 2 fully saturated rings. The topological polar surface area (TPSA) is 90.0 Å². The van der Waals surface area contributed by atoms with Gasteiger partial charge in [0.1, 0.15) is 0 Å². The monoisotopic (exact) mass is 305 g/mol. The number of nitrogens with one attached hydrogen (secondary N) is 1. The fourth-order valence-electron chi connectivity index (χ4n) is 2.79. The molecule has 2 aliphatic rings. The van der Waals surface area contributed by atoms with Crippen LogP contribution in [0.4, 0.5) is 0 Å². The number of carboxylic acids is 1. The van der Waals surface area contributed by atoms with Crippen molar-refractivity contribution in [1.29, 1.82) is 0 Å². The van der Waals surface area contributed by atoms with Gasteiger partial charge in [-0.3, -0.25) is 4.79 Å². The van der Waals surface area contributed by atoms with Crippen LogP contribution in [-0.4, -0.2) is 68.0 Å². The lowest BCUT2D eigenvalue weighted by atomic mass is 10.0. The number of hydrogen-bond acceptors (Lipinski definition) is 4. The molecule has 1 atom stereocenters. The molecule has 2 heterocycles. The van der Waals surface area contributed by atoms with Crippen molar-refractivity contribution in [1.82, 2.24) is 13.9 Å². The van der Waals surface area contributed by atoms with Crippen LogP contribution in [-0.2, 0) is 15.0 Å². The standard InChI is InChI=1S/C12H23N3O4S/c16-12(17)11-4-3-8-15(10-11)20(18,19)13-5-9-14-6-1-2-7-14/h11,13H,1-10H2,(H,16,17). The third-order valence-corrected chi connectivity index (χ3v) is 5.56. The van der Waals surface area contributed by atoms with E-state index in [1.165, 1.54) is 17.1 Å². The molecular weight excluding hydrogens is 282 g/mol. The van der Waals surface area contributed by atoms with Crippen molar-refractivity contribution in [3.8, 4) is 0 Å². The maximum atomic E-state index is 12.1. The van der Waals surface area contributed by atoms with Crippen LogP contribution in [0.2, 0.25) is 0 Å². The molecule has 0 saturated carbocycles. The van der Waals surface area contributed by atoms with E-state index in [4.69, 9.17) is 5.11 Å². The molecule has 20 heavy (non-hydrogen) atoms. The zero-order chi connectivity index (χ0) is 14.6. The first-order valence-electron chi connectivity index (χ1n) is 7.19. The summed E-state index contributed by atoms with van der Waals surface area (Å²) in [6, 6.07) is 0. The highest BCUT2D eigenvalue weighted by atomic mass is 32.2. The summed E-state index contributed by atoms with van der Waals surface area (Å²) in [5.41, 5.74) is 0. The van der Waals surface area contributed by atoms with Crippen LogP contribution >= 0.6 is 0 Å². The number of rotatable bonds is 6. The van der Waals surface area contributed by atoms with Gasteiger partial charge >= 0.3 is 5.97 Å². The number of aliphatic carboxylic acids is 1. The van der Waals surface area contributed by atoms with Gasteiger partial charge in [0.05, 0.1) is 5.92 Å². The van der Waals surface area contributed by atoms with Gasteiger partial charge < -0.3 is 10.0 Å². The molecule has 0 spiro atoms. The van der Waals surface area contributed by atoms with Gasteiger partial charge in [0, 0.05) is 26.2 Å². The molecule has 0 amide bonds. The average Bonchev–Trinajstić information content (AvgIpc) is 2.92. The predicted octanol–water partition coefficient (Wildman–Crippen LogP) is -0.287. The van der Waals surface area contributed by atoms with Gasteiger partial charge in [-0.2, -0.15) is 12.7 Å². The van der Waals surface area contributed by atoms with E-state index < -0.39 is 22.1 Å². The van der Waals surface area contributed by atoms with Gasteiger partial charge in [-0.1, -0.05) is 0 Å². The average molecular weight is 305 g/mol. The minimum absolute atomic E-state index is 0.0778. The van der Waals surface area contributed by atoms with E-state index in [1.54, 1.807) is 0 Å². The summed E-state index contributed by atoms with van der Waals surface area (Å²) < 4.78 is 28.1. The van der Waals surface area contributed by atoms with Gasteiger partial charge in [-0.25, -0.2) is 4.72 Å². The zero-order valence-electron chi connectivity index (χ0n) is 11.6. The molecule has 0 aromatic heterocycles. The summed E-state index contributed by atoms with van der Waals surface area (Å²) in [5.74, 6) is -1.50. The fraction of sp³-hybridized carbons (Fsp3) is 0.917. The molecule has 7 nitrogen and oxygen atoms in total. The second-order valence-corrected chi connectivity index (χ2v) is 7.24. The molecule has 0 aromatic carbocycles. The van der Waals surface area contributed by atoms with Crippen LogP contribution in [0.1, 0.15) is 25.7 Å². The van der Waals surface area contributed by atoms with Gasteiger partial charge in [0.2, 0.25) is 0 Å². The van der Waals surface area contributed by atoms with Crippen LogP contribution in [0.3, 0.4) is 0 Å². The molecule has 1 unspecified atom stereocenters. The number of likely N-dealkylation sites (tertiary alicyclic amines) is 1. The Morgan fingerprint density at radius 1 is 1.20 bits per heavy atom. The second kappa shape index (κ2) is 6.84. The van der Waals surface area contributed by atoms with E-state index in [-0.39, 0.29) is 6.54 Å². The quantitative estimate of drug-likeness (QED) is 0.704. The Kier molecular flexibility index (Phi) is 5.36. The van der Waals surface area contributed by atoms with Crippen LogP contribution in [0, 0.1) is 5.92 Å². The highest BCUT2D eigenvalue weighted by molar-refractivity contribution is 7.87. The Morgan fingerprint density at radius 2 is 1.90 bits per heavy atom. The highest BCUT2D eigenvalue weighted by Gasteiger charge is 2.32. The molecule has 2 aliphatic heterocycles. The molecule has 0 aliphatic carbocycles. The fourth-order valence-corrected chi connectivity index (χ4v) is 4.07. The predicted molar refractivity (Wildman–Crippen MR) is 74.5 cm³/mol. The zero-order valence-corrected chi connectivity index (χ0v) is 12.4. The Balaban J connectivity index is 1.80. The SMILES string of the molecule is O=C(O)C1CCCN(S(=O)(=O)NCCN2CCCC2)C1. The van der Waals surface area contributed by atoms with E-state index in [9.17, 15) is 13.2 Å². The third kappa shape index (κ3) is 4.15. The summed E-state index contributed by atoms with van der Waals surface area (Å²) in [6.07, 6.45) is 3.51. The molecule has 116 valence electrons. The normalized spacial score (nSPS) is 25.9. The largest absolute Gasteiger partial charge is 0.481 e. The minimum Gasteiger partial charge on any atom is -0.481 e. The lowest BCUT2D eigenvalue weighted by Crippen LogP contribution is -2.48. The first-order valence-corrected chi connectivity index (χ1v) is 8.63. The van der Waals surface area contributed by atoms with Crippen molar-refractivity contribution in [2.75, 3.05) is 39.3 Å². The smallest absolute Gasteiger partial charge is 0.307 e. The van der Waals surface area contributed by atoms with E-state index in [0.717, 1.165) is 19.6 Å². The number of carboxylic acid groups (broad SMARTS) is 1. The number of piperidine rings is 1. The Hall–Kier alpha value is -0.700. The number of hydrogen-bond donors (Lipinski definition) is 2. The van der Waals surface area contributed by atoms with Crippen LogP contribution in [0.25, 0.3) is 0 Å². The number of carbonyl (C=O) groups is 1. The summed E-state index contributed by atoms with van der Waals surface area (Å²) >= 11 is 0. The highest BCUT2D eigenvalue weighted by Crippen LogP contribution is 2.18. The van der Waals surface area contributed by atoms with E-state index in [1.807, 2.05) is 0 Å². The Morgan fingerprint density at radius 3 is 2.55 bits per heavy atom. The molecule has 8 heteroatoms. The van der Waals surface area contributed by atoms with Crippen molar-refractivity contribution in [3.05, 3.63) is 0 Å². The van der Waals surface area contributed by atoms with E-state index >= 15 is 0 Å².